The van der Waals surface area contributed by atoms with Crippen LogP contribution in [0.5, 0.6) is 11.5 Å². The van der Waals surface area contributed by atoms with Crippen molar-refractivity contribution < 1.29 is 14.3 Å². The maximum atomic E-state index is 12.4. The minimum atomic E-state index is -0.496. The van der Waals surface area contributed by atoms with Crippen molar-refractivity contribution >= 4 is 12.0 Å². The zero-order valence-corrected chi connectivity index (χ0v) is 14.1. The number of carbonyl (C=O) groups excluding carboxylic acids is 1. The molecule has 1 amide bonds. The second-order valence-corrected chi connectivity index (χ2v) is 5.17. The van der Waals surface area contributed by atoms with E-state index in [0.29, 0.717) is 17.1 Å². The SMILES string of the molecule is COc1ccc(OC)c(/C=C(/C#N)C(=O)Nn2c(C)ccc2C)c1. The Morgan fingerprint density at radius 3 is 2.38 bits per heavy atom. The van der Waals surface area contributed by atoms with Crippen LogP contribution in [0.15, 0.2) is 35.9 Å². The molecule has 0 saturated carbocycles. The van der Waals surface area contributed by atoms with Gasteiger partial charge in [-0.3, -0.25) is 14.9 Å². The summed E-state index contributed by atoms with van der Waals surface area (Å²) in [5.74, 6) is 0.659. The lowest BCUT2D eigenvalue weighted by Gasteiger charge is -2.11. The van der Waals surface area contributed by atoms with Crippen LogP contribution in [0.3, 0.4) is 0 Å². The highest BCUT2D eigenvalue weighted by Crippen LogP contribution is 2.26. The monoisotopic (exact) mass is 325 g/mol. The van der Waals surface area contributed by atoms with E-state index >= 15 is 0 Å². The number of hydrogen-bond donors (Lipinski definition) is 1. The van der Waals surface area contributed by atoms with Crippen molar-refractivity contribution in [1.29, 1.82) is 5.26 Å². The summed E-state index contributed by atoms with van der Waals surface area (Å²) in [5, 5.41) is 9.35. The Morgan fingerprint density at radius 1 is 1.17 bits per heavy atom. The van der Waals surface area contributed by atoms with E-state index in [1.165, 1.54) is 13.2 Å². The highest BCUT2D eigenvalue weighted by atomic mass is 16.5. The molecule has 1 aromatic heterocycles. The van der Waals surface area contributed by atoms with Crippen LogP contribution < -0.4 is 14.9 Å². The van der Waals surface area contributed by atoms with E-state index in [2.05, 4.69) is 5.43 Å². The van der Waals surface area contributed by atoms with Crippen molar-refractivity contribution in [2.75, 3.05) is 19.6 Å². The molecule has 1 aromatic carbocycles. The lowest BCUT2D eigenvalue weighted by molar-refractivity contribution is -0.113. The van der Waals surface area contributed by atoms with E-state index < -0.39 is 5.91 Å². The molecular formula is C18H19N3O3. The summed E-state index contributed by atoms with van der Waals surface area (Å²) in [7, 11) is 3.07. The normalized spacial score (nSPS) is 10.9. The minimum absolute atomic E-state index is 0.0333. The molecule has 0 aliphatic heterocycles. The molecular weight excluding hydrogens is 306 g/mol. The molecule has 1 heterocycles. The first kappa shape index (κ1) is 17.2. The van der Waals surface area contributed by atoms with Gasteiger partial charge in [0, 0.05) is 17.0 Å². The first-order chi connectivity index (χ1) is 11.5. The minimum Gasteiger partial charge on any atom is -0.497 e. The van der Waals surface area contributed by atoms with Crippen LogP contribution in [0.4, 0.5) is 0 Å². The zero-order chi connectivity index (χ0) is 17.7. The van der Waals surface area contributed by atoms with E-state index in [4.69, 9.17) is 9.47 Å². The van der Waals surface area contributed by atoms with Crippen molar-refractivity contribution in [3.63, 3.8) is 0 Å². The second-order valence-electron chi connectivity index (χ2n) is 5.17. The van der Waals surface area contributed by atoms with Gasteiger partial charge in [-0.25, -0.2) is 0 Å². The summed E-state index contributed by atoms with van der Waals surface area (Å²) in [4.78, 5) is 12.4. The summed E-state index contributed by atoms with van der Waals surface area (Å²) in [5.41, 5.74) is 5.01. The number of ether oxygens (including phenoxy) is 2. The number of aryl methyl sites for hydroxylation is 2. The maximum Gasteiger partial charge on any atom is 0.280 e. The average Bonchev–Trinajstić information content (AvgIpc) is 2.91. The van der Waals surface area contributed by atoms with Crippen LogP contribution in [0.1, 0.15) is 17.0 Å². The Morgan fingerprint density at radius 2 is 1.83 bits per heavy atom. The van der Waals surface area contributed by atoms with Gasteiger partial charge in [0.2, 0.25) is 0 Å². The van der Waals surface area contributed by atoms with E-state index in [1.807, 2.05) is 32.0 Å². The molecule has 6 heteroatoms. The van der Waals surface area contributed by atoms with E-state index in [0.717, 1.165) is 11.4 Å². The van der Waals surface area contributed by atoms with Gasteiger partial charge in [0.05, 0.1) is 14.2 Å². The van der Waals surface area contributed by atoms with Gasteiger partial charge < -0.3 is 9.47 Å². The highest BCUT2D eigenvalue weighted by Gasteiger charge is 2.13. The highest BCUT2D eigenvalue weighted by molar-refractivity contribution is 6.06. The topological polar surface area (TPSA) is 76.3 Å². The number of nitrogens with zero attached hydrogens (tertiary/aromatic N) is 2. The molecule has 2 rings (SSSR count). The number of amides is 1. The van der Waals surface area contributed by atoms with Gasteiger partial charge in [-0.15, -0.1) is 0 Å². The van der Waals surface area contributed by atoms with Crippen LogP contribution >= 0.6 is 0 Å². The quantitative estimate of drug-likeness (QED) is 0.677. The Kier molecular flexibility index (Phi) is 5.27. The molecule has 0 aliphatic rings. The van der Waals surface area contributed by atoms with Crippen molar-refractivity contribution in [2.45, 2.75) is 13.8 Å². The van der Waals surface area contributed by atoms with Gasteiger partial charge >= 0.3 is 0 Å². The maximum absolute atomic E-state index is 12.4. The average molecular weight is 325 g/mol. The van der Waals surface area contributed by atoms with Gasteiger partial charge in [0.25, 0.3) is 5.91 Å². The predicted molar refractivity (Wildman–Crippen MR) is 91.4 cm³/mol. The molecule has 124 valence electrons. The number of rotatable bonds is 5. The number of carbonyl (C=O) groups is 1. The van der Waals surface area contributed by atoms with Gasteiger partial charge in [0.1, 0.15) is 23.1 Å². The molecule has 2 aromatic rings. The summed E-state index contributed by atoms with van der Waals surface area (Å²) < 4.78 is 12.1. The Labute approximate surface area is 140 Å². The van der Waals surface area contributed by atoms with Gasteiger partial charge in [-0.1, -0.05) is 0 Å². The van der Waals surface area contributed by atoms with Crippen LogP contribution in [0, 0.1) is 25.2 Å². The molecule has 0 radical (unpaired) electrons. The van der Waals surface area contributed by atoms with Crippen LogP contribution in [-0.2, 0) is 4.79 Å². The zero-order valence-electron chi connectivity index (χ0n) is 14.1. The number of nitrogens with one attached hydrogen (secondary N) is 1. The second kappa shape index (κ2) is 7.38. The van der Waals surface area contributed by atoms with Crippen molar-refractivity contribution in [1.82, 2.24) is 4.68 Å². The van der Waals surface area contributed by atoms with Gasteiger partial charge in [0.15, 0.2) is 0 Å². The first-order valence-electron chi connectivity index (χ1n) is 7.30. The number of methoxy groups -OCH3 is 2. The fourth-order valence-electron chi connectivity index (χ4n) is 2.26. The smallest absolute Gasteiger partial charge is 0.280 e. The molecule has 0 atom stereocenters. The fraction of sp³-hybridized carbons (Fsp3) is 0.222. The number of hydrogen-bond acceptors (Lipinski definition) is 4. The Bertz CT molecular complexity index is 809. The van der Waals surface area contributed by atoms with Crippen molar-refractivity contribution in [3.8, 4) is 17.6 Å². The number of benzene rings is 1. The number of aromatic nitrogens is 1. The van der Waals surface area contributed by atoms with Gasteiger partial charge in [-0.05, 0) is 50.3 Å². The van der Waals surface area contributed by atoms with E-state index in [1.54, 1.807) is 30.0 Å². The largest absolute Gasteiger partial charge is 0.497 e. The predicted octanol–water partition coefficient (Wildman–Crippen LogP) is 2.80. The molecule has 1 N–H and O–H groups in total. The van der Waals surface area contributed by atoms with E-state index in [9.17, 15) is 10.1 Å². The molecule has 24 heavy (non-hydrogen) atoms. The van der Waals surface area contributed by atoms with Crippen molar-refractivity contribution in [2.24, 2.45) is 0 Å². The fourth-order valence-corrected chi connectivity index (χ4v) is 2.26. The van der Waals surface area contributed by atoms with Crippen LogP contribution in [0.2, 0.25) is 0 Å². The summed E-state index contributed by atoms with van der Waals surface area (Å²) in [6, 6.07) is 10.9. The third kappa shape index (κ3) is 3.58. The standard InChI is InChI=1S/C18H19N3O3/c1-12-5-6-13(2)21(12)20-18(22)15(11-19)9-14-10-16(23-3)7-8-17(14)24-4/h5-10H,1-4H3,(H,20,22)/b15-9-. The Hall–Kier alpha value is -3.20. The number of nitriles is 1. The third-order valence-corrected chi connectivity index (χ3v) is 3.59. The van der Waals surface area contributed by atoms with Crippen molar-refractivity contribution in [3.05, 3.63) is 52.9 Å². The van der Waals surface area contributed by atoms with Crippen LogP contribution in [-0.4, -0.2) is 24.8 Å². The summed E-state index contributed by atoms with van der Waals surface area (Å²) >= 11 is 0. The molecule has 0 bridgehead atoms. The third-order valence-electron chi connectivity index (χ3n) is 3.59. The summed E-state index contributed by atoms with van der Waals surface area (Å²) in [6.07, 6.45) is 1.48. The van der Waals surface area contributed by atoms with Crippen LogP contribution in [0.25, 0.3) is 6.08 Å². The Balaban J connectivity index is 2.36. The summed E-state index contributed by atoms with van der Waals surface area (Å²) in [6.45, 7) is 3.74. The molecule has 0 fully saturated rings. The molecule has 0 aliphatic carbocycles. The van der Waals surface area contributed by atoms with Gasteiger partial charge in [-0.2, -0.15) is 5.26 Å². The molecule has 6 nitrogen and oxygen atoms in total. The lowest BCUT2D eigenvalue weighted by Crippen LogP contribution is -2.25. The molecule has 0 saturated heterocycles. The lowest BCUT2D eigenvalue weighted by atomic mass is 10.1. The van der Waals surface area contributed by atoms with E-state index in [-0.39, 0.29) is 5.57 Å². The first-order valence-corrected chi connectivity index (χ1v) is 7.30. The molecule has 0 spiro atoms. The molecule has 0 unspecified atom stereocenters.